The van der Waals surface area contributed by atoms with E-state index >= 15 is 0 Å². The summed E-state index contributed by atoms with van der Waals surface area (Å²) < 4.78 is 4.71. The minimum absolute atomic E-state index is 0.173. The maximum absolute atomic E-state index is 11.1. The van der Waals surface area contributed by atoms with Crippen LogP contribution in [0.15, 0.2) is 12.4 Å². The van der Waals surface area contributed by atoms with E-state index in [0.29, 0.717) is 13.2 Å². The first-order valence-corrected chi connectivity index (χ1v) is 4.31. The maximum Gasteiger partial charge on any atom is 0.491 e. The van der Waals surface area contributed by atoms with Gasteiger partial charge in [0.1, 0.15) is 6.61 Å². The highest BCUT2D eigenvalue weighted by atomic mass is 16.6. The second-order valence-corrected chi connectivity index (χ2v) is 2.96. The van der Waals surface area contributed by atoms with Crippen LogP contribution in [0.4, 0.5) is 10.7 Å². The summed E-state index contributed by atoms with van der Waals surface area (Å²) in [6.07, 6.45) is 2.00. The van der Waals surface area contributed by atoms with E-state index in [2.05, 4.69) is 9.97 Å². The van der Waals surface area contributed by atoms with Crippen LogP contribution in [0.5, 0.6) is 0 Å². The number of ether oxygens (including phenoxy) is 1. The summed E-state index contributed by atoms with van der Waals surface area (Å²) in [5, 5.41) is 17.6. The van der Waals surface area contributed by atoms with Gasteiger partial charge in [-0.2, -0.15) is 0 Å². The Morgan fingerprint density at radius 2 is 2.07 bits per heavy atom. The van der Waals surface area contributed by atoms with E-state index in [1.807, 2.05) is 0 Å². The number of aromatic nitrogens is 2. The summed E-state index contributed by atoms with van der Waals surface area (Å²) in [5.41, 5.74) is 0.173. The van der Waals surface area contributed by atoms with Gasteiger partial charge in [0.15, 0.2) is 0 Å². The molecule has 2 heterocycles. The van der Waals surface area contributed by atoms with Crippen molar-refractivity contribution in [1.82, 2.24) is 9.97 Å². The van der Waals surface area contributed by atoms with Crippen LogP contribution < -0.4 is 10.4 Å². The van der Waals surface area contributed by atoms with Crippen LogP contribution in [-0.2, 0) is 4.74 Å². The largest absolute Gasteiger partial charge is 0.491 e. The molecule has 1 aliphatic rings. The molecule has 8 heteroatoms. The predicted octanol–water partition coefficient (Wildman–Crippen LogP) is -1.89. The summed E-state index contributed by atoms with van der Waals surface area (Å²) in [7, 11) is -1.61. The van der Waals surface area contributed by atoms with Crippen molar-refractivity contribution in [2.45, 2.75) is 0 Å². The van der Waals surface area contributed by atoms with Gasteiger partial charge in [-0.3, -0.25) is 0 Å². The van der Waals surface area contributed by atoms with Crippen molar-refractivity contribution in [2.75, 3.05) is 18.1 Å². The molecule has 7 nitrogen and oxygen atoms in total. The van der Waals surface area contributed by atoms with Gasteiger partial charge < -0.3 is 14.8 Å². The molecular formula is C7H8BN3O4. The lowest BCUT2D eigenvalue weighted by Crippen LogP contribution is -2.32. The Balaban J connectivity index is 2.19. The summed E-state index contributed by atoms with van der Waals surface area (Å²) >= 11 is 0. The van der Waals surface area contributed by atoms with E-state index in [-0.39, 0.29) is 11.4 Å². The van der Waals surface area contributed by atoms with Crippen molar-refractivity contribution in [2.24, 2.45) is 0 Å². The van der Waals surface area contributed by atoms with Crippen LogP contribution in [0.1, 0.15) is 0 Å². The van der Waals surface area contributed by atoms with E-state index in [1.54, 1.807) is 0 Å². The van der Waals surface area contributed by atoms with Crippen molar-refractivity contribution < 1.29 is 19.6 Å². The van der Waals surface area contributed by atoms with Crippen LogP contribution in [0.2, 0.25) is 0 Å². The molecule has 0 saturated carbocycles. The SMILES string of the molecule is O=C1OCCN1c1ncc(B(O)O)cn1. The minimum atomic E-state index is -1.61. The fourth-order valence-corrected chi connectivity index (χ4v) is 1.18. The van der Waals surface area contributed by atoms with Gasteiger partial charge in [0.05, 0.1) is 6.54 Å². The molecular weight excluding hydrogens is 201 g/mol. The van der Waals surface area contributed by atoms with Gasteiger partial charge in [0.2, 0.25) is 5.95 Å². The van der Waals surface area contributed by atoms with Crippen molar-refractivity contribution in [3.63, 3.8) is 0 Å². The molecule has 0 atom stereocenters. The minimum Gasteiger partial charge on any atom is -0.447 e. The number of rotatable bonds is 2. The molecule has 1 amide bonds. The highest BCUT2D eigenvalue weighted by molar-refractivity contribution is 6.58. The summed E-state index contributed by atoms with van der Waals surface area (Å²) in [6, 6.07) is 0. The highest BCUT2D eigenvalue weighted by Gasteiger charge is 2.26. The van der Waals surface area contributed by atoms with E-state index in [1.165, 1.54) is 17.3 Å². The molecule has 0 spiro atoms. The zero-order valence-electron chi connectivity index (χ0n) is 7.70. The van der Waals surface area contributed by atoms with Crippen molar-refractivity contribution in [3.8, 4) is 0 Å². The highest BCUT2D eigenvalue weighted by Crippen LogP contribution is 2.10. The first-order chi connectivity index (χ1) is 7.18. The van der Waals surface area contributed by atoms with Gasteiger partial charge in [0.25, 0.3) is 0 Å². The third-order valence-corrected chi connectivity index (χ3v) is 1.96. The number of nitrogens with zero attached hydrogens (tertiary/aromatic N) is 3. The molecule has 1 saturated heterocycles. The Labute approximate surface area is 85.5 Å². The number of hydrogen-bond acceptors (Lipinski definition) is 6. The second kappa shape index (κ2) is 3.83. The lowest BCUT2D eigenvalue weighted by Gasteiger charge is -2.09. The predicted molar refractivity (Wildman–Crippen MR) is 50.6 cm³/mol. The Kier molecular flexibility index (Phi) is 2.52. The number of amides is 1. The Bertz CT molecular complexity index is 369. The number of carbonyl (C=O) groups excluding carboxylic acids is 1. The van der Waals surface area contributed by atoms with E-state index < -0.39 is 13.2 Å². The van der Waals surface area contributed by atoms with Crippen molar-refractivity contribution in [3.05, 3.63) is 12.4 Å². The summed E-state index contributed by atoms with van der Waals surface area (Å²) in [5.74, 6) is 0.196. The summed E-state index contributed by atoms with van der Waals surface area (Å²) in [4.78, 5) is 20.0. The molecule has 2 rings (SSSR count). The number of cyclic esters (lactones) is 1. The quantitative estimate of drug-likeness (QED) is 0.553. The van der Waals surface area contributed by atoms with Crippen LogP contribution in [0.25, 0.3) is 0 Å². The van der Waals surface area contributed by atoms with Crippen molar-refractivity contribution in [1.29, 1.82) is 0 Å². The lowest BCUT2D eigenvalue weighted by atomic mass is 9.83. The zero-order valence-corrected chi connectivity index (χ0v) is 7.70. The van der Waals surface area contributed by atoms with E-state index in [9.17, 15) is 4.79 Å². The Hall–Kier alpha value is -1.67. The number of hydrogen-bond donors (Lipinski definition) is 2. The van der Waals surface area contributed by atoms with Gasteiger partial charge in [-0.1, -0.05) is 0 Å². The summed E-state index contributed by atoms with van der Waals surface area (Å²) in [6.45, 7) is 0.715. The molecule has 0 aromatic carbocycles. The average molecular weight is 209 g/mol. The second-order valence-electron chi connectivity index (χ2n) is 2.96. The smallest absolute Gasteiger partial charge is 0.447 e. The molecule has 78 valence electrons. The third kappa shape index (κ3) is 1.90. The van der Waals surface area contributed by atoms with Gasteiger partial charge in [-0.25, -0.2) is 19.7 Å². The average Bonchev–Trinajstić information content (AvgIpc) is 2.65. The van der Waals surface area contributed by atoms with Crippen LogP contribution in [0.3, 0.4) is 0 Å². The first kappa shape index (κ1) is 9.87. The van der Waals surface area contributed by atoms with E-state index in [4.69, 9.17) is 14.8 Å². The Morgan fingerprint density at radius 3 is 2.53 bits per heavy atom. The molecule has 0 unspecified atom stereocenters. The molecule has 2 N–H and O–H groups in total. The fraction of sp³-hybridized carbons (Fsp3) is 0.286. The Morgan fingerprint density at radius 1 is 1.40 bits per heavy atom. The van der Waals surface area contributed by atoms with Crippen LogP contribution in [0, 0.1) is 0 Å². The molecule has 0 radical (unpaired) electrons. The van der Waals surface area contributed by atoms with Gasteiger partial charge >= 0.3 is 13.2 Å². The molecule has 0 bridgehead atoms. The van der Waals surface area contributed by atoms with Crippen molar-refractivity contribution >= 4 is 24.6 Å². The fourth-order valence-electron chi connectivity index (χ4n) is 1.18. The molecule has 1 fully saturated rings. The molecule has 1 aromatic heterocycles. The van der Waals surface area contributed by atoms with E-state index in [0.717, 1.165) is 0 Å². The molecule has 1 aliphatic heterocycles. The van der Waals surface area contributed by atoms with Crippen LogP contribution in [-0.4, -0.2) is 46.4 Å². The third-order valence-electron chi connectivity index (χ3n) is 1.96. The monoisotopic (exact) mass is 209 g/mol. The molecule has 15 heavy (non-hydrogen) atoms. The zero-order chi connectivity index (χ0) is 10.8. The van der Waals surface area contributed by atoms with Gasteiger partial charge in [-0.15, -0.1) is 0 Å². The van der Waals surface area contributed by atoms with Gasteiger partial charge in [-0.05, 0) is 0 Å². The standard InChI is InChI=1S/C7H8BN3O4/c12-7-11(1-2-15-7)6-9-3-5(4-10-6)8(13)14/h3-4,13-14H,1-2H2. The first-order valence-electron chi connectivity index (χ1n) is 4.31. The maximum atomic E-state index is 11.1. The molecule has 1 aromatic rings. The van der Waals surface area contributed by atoms with Crippen LogP contribution >= 0.6 is 0 Å². The normalized spacial score (nSPS) is 15.3. The number of carbonyl (C=O) groups is 1. The number of anilines is 1. The van der Waals surface area contributed by atoms with Gasteiger partial charge in [0, 0.05) is 17.9 Å². The molecule has 0 aliphatic carbocycles. The topological polar surface area (TPSA) is 95.8 Å². The lowest BCUT2D eigenvalue weighted by molar-refractivity contribution is 0.181.